The maximum atomic E-state index is 12.0. The summed E-state index contributed by atoms with van der Waals surface area (Å²) in [5, 5.41) is 14.5. The molecule has 9 heteroatoms. The molecule has 0 aliphatic rings. The first-order valence-electron chi connectivity index (χ1n) is 5.37. The number of hydrogen-bond donors (Lipinski definition) is 1. The lowest BCUT2D eigenvalue weighted by Gasteiger charge is -2.10. The molecule has 19 heavy (non-hydrogen) atoms. The molecule has 0 aromatic carbocycles. The summed E-state index contributed by atoms with van der Waals surface area (Å²) in [7, 11) is 1.72. The van der Waals surface area contributed by atoms with Crippen LogP contribution in [0.15, 0.2) is 23.5 Å². The number of amides is 1. The van der Waals surface area contributed by atoms with Crippen molar-refractivity contribution in [3.63, 3.8) is 0 Å². The molecular weight excluding hydrogens is 288 g/mol. The van der Waals surface area contributed by atoms with Gasteiger partial charge in [0.05, 0.1) is 10.3 Å². The average Bonchev–Trinajstić information content (AvgIpc) is 2.78. The fraction of sp³-hybridized carbons (Fsp3) is 0.300. The molecule has 0 spiro atoms. The number of carbonyl (C=O) groups is 1. The van der Waals surface area contributed by atoms with Gasteiger partial charge in [0.25, 0.3) is 0 Å². The SMILES string of the molecule is CC(Sc1nnnn1C)C(=O)Nc1ccc(Cl)cn1. The second kappa shape index (κ2) is 5.98. The second-order valence-corrected chi connectivity index (χ2v) is 5.44. The molecule has 1 unspecified atom stereocenters. The predicted molar refractivity (Wildman–Crippen MR) is 72.0 cm³/mol. The molecule has 0 radical (unpaired) electrons. The summed E-state index contributed by atoms with van der Waals surface area (Å²) in [6, 6.07) is 3.30. The average molecular weight is 299 g/mol. The Bertz CT molecular complexity index is 572. The molecule has 2 heterocycles. The van der Waals surface area contributed by atoms with Crippen LogP contribution in [0.5, 0.6) is 0 Å². The van der Waals surface area contributed by atoms with Gasteiger partial charge in [0.1, 0.15) is 5.82 Å². The van der Waals surface area contributed by atoms with E-state index >= 15 is 0 Å². The van der Waals surface area contributed by atoms with Gasteiger partial charge >= 0.3 is 0 Å². The number of nitrogens with one attached hydrogen (secondary N) is 1. The summed E-state index contributed by atoms with van der Waals surface area (Å²) in [5.74, 6) is 0.278. The van der Waals surface area contributed by atoms with Crippen LogP contribution in [-0.2, 0) is 11.8 Å². The van der Waals surface area contributed by atoms with E-state index < -0.39 is 0 Å². The Morgan fingerprint density at radius 2 is 2.32 bits per heavy atom. The van der Waals surface area contributed by atoms with Crippen LogP contribution in [-0.4, -0.2) is 36.3 Å². The van der Waals surface area contributed by atoms with E-state index in [1.165, 1.54) is 22.6 Å². The Kier molecular flexibility index (Phi) is 4.33. The number of carbonyl (C=O) groups excluding carboxylic acids is 1. The number of anilines is 1. The van der Waals surface area contributed by atoms with E-state index in [9.17, 15) is 4.79 Å². The molecule has 2 aromatic heterocycles. The van der Waals surface area contributed by atoms with Crippen molar-refractivity contribution in [2.45, 2.75) is 17.3 Å². The second-order valence-electron chi connectivity index (χ2n) is 3.70. The Balaban J connectivity index is 1.96. The molecule has 7 nitrogen and oxygen atoms in total. The highest BCUT2D eigenvalue weighted by molar-refractivity contribution is 8.00. The molecule has 0 aliphatic heterocycles. The summed E-state index contributed by atoms with van der Waals surface area (Å²) in [5.41, 5.74) is 0. The zero-order valence-corrected chi connectivity index (χ0v) is 11.8. The maximum Gasteiger partial charge on any atom is 0.238 e. The van der Waals surface area contributed by atoms with E-state index in [0.717, 1.165) is 0 Å². The van der Waals surface area contributed by atoms with E-state index in [2.05, 4.69) is 25.8 Å². The molecule has 0 fully saturated rings. The minimum atomic E-state index is -0.345. The third-order valence-electron chi connectivity index (χ3n) is 2.21. The van der Waals surface area contributed by atoms with Crippen molar-refractivity contribution in [2.75, 3.05) is 5.32 Å². The van der Waals surface area contributed by atoms with Gasteiger partial charge in [-0.3, -0.25) is 4.79 Å². The highest BCUT2D eigenvalue weighted by Gasteiger charge is 2.17. The maximum absolute atomic E-state index is 12.0. The predicted octanol–water partition coefficient (Wildman–Crippen LogP) is 1.38. The van der Waals surface area contributed by atoms with Crippen LogP contribution >= 0.6 is 23.4 Å². The molecule has 2 rings (SSSR count). The van der Waals surface area contributed by atoms with Crippen LogP contribution in [0.1, 0.15) is 6.92 Å². The highest BCUT2D eigenvalue weighted by atomic mass is 35.5. The lowest BCUT2D eigenvalue weighted by Crippen LogP contribution is -2.23. The highest BCUT2D eigenvalue weighted by Crippen LogP contribution is 2.20. The Hall–Kier alpha value is -1.67. The number of nitrogens with zero attached hydrogens (tertiary/aromatic N) is 5. The molecule has 0 saturated heterocycles. The normalized spacial score (nSPS) is 12.2. The van der Waals surface area contributed by atoms with Gasteiger partial charge in [0.15, 0.2) is 0 Å². The molecule has 0 aliphatic carbocycles. The smallest absolute Gasteiger partial charge is 0.238 e. The Labute approximate surface area is 118 Å². The third-order valence-corrected chi connectivity index (χ3v) is 3.56. The van der Waals surface area contributed by atoms with Crippen LogP contribution in [0.4, 0.5) is 5.82 Å². The van der Waals surface area contributed by atoms with Gasteiger partial charge in [0.2, 0.25) is 11.1 Å². The lowest BCUT2D eigenvalue weighted by molar-refractivity contribution is -0.115. The van der Waals surface area contributed by atoms with Crippen LogP contribution < -0.4 is 5.32 Å². The number of pyridine rings is 1. The molecule has 0 saturated carbocycles. The zero-order chi connectivity index (χ0) is 13.8. The number of tetrazole rings is 1. The summed E-state index contributed by atoms with van der Waals surface area (Å²) in [6.45, 7) is 1.77. The van der Waals surface area contributed by atoms with Crippen molar-refractivity contribution < 1.29 is 4.79 Å². The number of aromatic nitrogens is 5. The molecule has 1 amide bonds. The summed E-state index contributed by atoms with van der Waals surface area (Å²) >= 11 is 6.99. The number of hydrogen-bond acceptors (Lipinski definition) is 6. The van der Waals surface area contributed by atoms with Crippen molar-refractivity contribution in [3.05, 3.63) is 23.4 Å². The topological polar surface area (TPSA) is 85.6 Å². The van der Waals surface area contributed by atoms with Crippen LogP contribution in [0.2, 0.25) is 5.02 Å². The summed E-state index contributed by atoms with van der Waals surface area (Å²) in [4.78, 5) is 15.9. The Morgan fingerprint density at radius 3 is 2.89 bits per heavy atom. The van der Waals surface area contributed by atoms with Gasteiger partial charge in [-0.25, -0.2) is 9.67 Å². The first kappa shape index (κ1) is 13.8. The van der Waals surface area contributed by atoms with E-state index in [1.807, 2.05) is 0 Å². The first-order valence-corrected chi connectivity index (χ1v) is 6.63. The number of halogens is 1. The molecule has 0 bridgehead atoms. The number of thioether (sulfide) groups is 1. The summed E-state index contributed by atoms with van der Waals surface area (Å²) < 4.78 is 1.51. The zero-order valence-electron chi connectivity index (χ0n) is 10.2. The van der Waals surface area contributed by atoms with Crippen LogP contribution in [0.25, 0.3) is 0 Å². The van der Waals surface area contributed by atoms with Crippen LogP contribution in [0, 0.1) is 0 Å². The summed E-state index contributed by atoms with van der Waals surface area (Å²) in [6.07, 6.45) is 1.47. The lowest BCUT2D eigenvalue weighted by atomic mass is 10.4. The molecular formula is C10H11ClN6OS. The Morgan fingerprint density at radius 1 is 1.53 bits per heavy atom. The molecule has 2 aromatic rings. The van der Waals surface area contributed by atoms with Gasteiger partial charge < -0.3 is 5.32 Å². The van der Waals surface area contributed by atoms with Gasteiger partial charge in [0, 0.05) is 13.2 Å². The fourth-order valence-electron chi connectivity index (χ4n) is 1.21. The van der Waals surface area contributed by atoms with Gasteiger partial charge in [-0.2, -0.15) is 0 Å². The van der Waals surface area contributed by atoms with Crippen molar-refractivity contribution >= 4 is 35.1 Å². The van der Waals surface area contributed by atoms with Gasteiger partial charge in [-0.1, -0.05) is 23.4 Å². The minimum absolute atomic E-state index is 0.178. The first-order chi connectivity index (χ1) is 9.06. The number of aryl methyl sites for hydroxylation is 1. The number of rotatable bonds is 4. The molecule has 100 valence electrons. The van der Waals surface area contributed by atoms with E-state index in [-0.39, 0.29) is 11.2 Å². The molecule has 1 N–H and O–H groups in total. The van der Waals surface area contributed by atoms with Gasteiger partial charge in [-0.05, 0) is 29.5 Å². The minimum Gasteiger partial charge on any atom is -0.310 e. The standard InChI is InChI=1S/C10H11ClN6OS/c1-6(19-10-14-15-16-17(10)2)9(18)13-8-4-3-7(11)5-12-8/h3-6H,1-2H3,(H,12,13,18). The van der Waals surface area contributed by atoms with Crippen LogP contribution in [0.3, 0.4) is 0 Å². The largest absolute Gasteiger partial charge is 0.310 e. The monoisotopic (exact) mass is 298 g/mol. The quantitative estimate of drug-likeness (QED) is 0.858. The van der Waals surface area contributed by atoms with E-state index in [0.29, 0.717) is 16.0 Å². The van der Waals surface area contributed by atoms with E-state index in [1.54, 1.807) is 26.1 Å². The van der Waals surface area contributed by atoms with Gasteiger partial charge in [-0.15, -0.1) is 5.10 Å². The van der Waals surface area contributed by atoms with Crippen molar-refractivity contribution in [1.82, 2.24) is 25.2 Å². The fourth-order valence-corrected chi connectivity index (χ4v) is 2.08. The molecule has 1 atom stereocenters. The van der Waals surface area contributed by atoms with E-state index in [4.69, 9.17) is 11.6 Å². The van der Waals surface area contributed by atoms with Crippen molar-refractivity contribution in [2.24, 2.45) is 7.05 Å². The third kappa shape index (κ3) is 3.65. The van der Waals surface area contributed by atoms with Crippen molar-refractivity contribution in [3.8, 4) is 0 Å². The van der Waals surface area contributed by atoms with Crippen molar-refractivity contribution in [1.29, 1.82) is 0 Å².